The molecule has 1 aromatic heterocycles. The molecule has 1 aromatic carbocycles. The summed E-state index contributed by atoms with van der Waals surface area (Å²) in [6.45, 7) is 4.90. The molecule has 1 saturated carbocycles. The maximum Gasteiger partial charge on any atom is 0.129 e. The summed E-state index contributed by atoms with van der Waals surface area (Å²) in [5, 5.41) is 1.18. The van der Waals surface area contributed by atoms with Gasteiger partial charge in [0.15, 0.2) is 0 Å². The standard InChI is InChI=1S/C16H21N3/c1-2-19(11-12-7-8-12)16-9-13(10-17)14-5-3-4-6-15(14)18-16/h3-6,9,12H,2,7-8,10-11,17H2,1H3. The SMILES string of the molecule is CCN(CC1CC1)c1cc(CN)c2ccccc2n1. The molecule has 0 bridgehead atoms. The van der Waals surface area contributed by atoms with Gasteiger partial charge in [0, 0.05) is 25.0 Å². The van der Waals surface area contributed by atoms with Crippen LogP contribution in [-0.4, -0.2) is 18.1 Å². The number of hydrogen-bond donors (Lipinski definition) is 1. The molecule has 1 aliphatic rings. The third-order valence-electron chi connectivity index (χ3n) is 3.89. The average molecular weight is 255 g/mol. The highest BCUT2D eigenvalue weighted by molar-refractivity contribution is 5.84. The number of rotatable bonds is 5. The van der Waals surface area contributed by atoms with Gasteiger partial charge in [-0.2, -0.15) is 0 Å². The summed E-state index contributed by atoms with van der Waals surface area (Å²) in [5.41, 5.74) is 8.13. The number of benzene rings is 1. The lowest BCUT2D eigenvalue weighted by atomic mass is 10.1. The smallest absolute Gasteiger partial charge is 0.129 e. The fraction of sp³-hybridized carbons (Fsp3) is 0.438. The minimum atomic E-state index is 0.566. The Hall–Kier alpha value is -1.61. The van der Waals surface area contributed by atoms with Crippen molar-refractivity contribution < 1.29 is 0 Å². The molecule has 2 N–H and O–H groups in total. The number of fused-ring (bicyclic) bond motifs is 1. The third-order valence-corrected chi connectivity index (χ3v) is 3.89. The second-order valence-corrected chi connectivity index (χ2v) is 5.34. The van der Waals surface area contributed by atoms with Gasteiger partial charge in [-0.3, -0.25) is 0 Å². The van der Waals surface area contributed by atoms with E-state index in [9.17, 15) is 0 Å². The van der Waals surface area contributed by atoms with Crippen LogP contribution < -0.4 is 10.6 Å². The van der Waals surface area contributed by atoms with Crippen molar-refractivity contribution in [3.05, 3.63) is 35.9 Å². The first-order valence-electron chi connectivity index (χ1n) is 7.15. The van der Waals surface area contributed by atoms with E-state index in [2.05, 4.69) is 30.0 Å². The molecule has 1 fully saturated rings. The average Bonchev–Trinajstić information content (AvgIpc) is 3.27. The molecule has 0 aliphatic heterocycles. The van der Waals surface area contributed by atoms with Crippen molar-refractivity contribution >= 4 is 16.7 Å². The highest BCUT2D eigenvalue weighted by Gasteiger charge is 2.24. The first-order valence-corrected chi connectivity index (χ1v) is 7.15. The Kier molecular flexibility index (Phi) is 3.38. The number of hydrogen-bond acceptors (Lipinski definition) is 3. The highest BCUT2D eigenvalue weighted by Crippen LogP contribution is 2.31. The van der Waals surface area contributed by atoms with E-state index in [0.717, 1.165) is 30.3 Å². The van der Waals surface area contributed by atoms with Crippen LogP contribution in [0.3, 0.4) is 0 Å². The lowest BCUT2D eigenvalue weighted by Crippen LogP contribution is -2.26. The van der Waals surface area contributed by atoms with Crippen molar-refractivity contribution in [3.63, 3.8) is 0 Å². The number of nitrogens with two attached hydrogens (primary N) is 1. The van der Waals surface area contributed by atoms with E-state index in [1.807, 2.05) is 12.1 Å². The quantitative estimate of drug-likeness (QED) is 0.893. The third kappa shape index (κ3) is 2.56. The summed E-state index contributed by atoms with van der Waals surface area (Å²) >= 11 is 0. The van der Waals surface area contributed by atoms with Crippen molar-refractivity contribution in [3.8, 4) is 0 Å². The molecule has 0 unspecified atom stereocenters. The Labute approximate surface area is 114 Å². The van der Waals surface area contributed by atoms with Crippen LogP contribution >= 0.6 is 0 Å². The van der Waals surface area contributed by atoms with Gasteiger partial charge >= 0.3 is 0 Å². The molecule has 0 amide bonds. The molecule has 3 heteroatoms. The Morgan fingerprint density at radius 3 is 2.79 bits per heavy atom. The Morgan fingerprint density at radius 1 is 1.32 bits per heavy atom. The fourth-order valence-corrected chi connectivity index (χ4v) is 2.56. The number of nitrogens with zero attached hydrogens (tertiary/aromatic N) is 2. The van der Waals surface area contributed by atoms with E-state index < -0.39 is 0 Å². The van der Waals surface area contributed by atoms with E-state index in [0.29, 0.717) is 6.54 Å². The Morgan fingerprint density at radius 2 is 2.11 bits per heavy atom. The fourth-order valence-electron chi connectivity index (χ4n) is 2.56. The van der Waals surface area contributed by atoms with E-state index in [1.54, 1.807) is 0 Å². The molecule has 0 atom stereocenters. The molecule has 0 radical (unpaired) electrons. The van der Waals surface area contributed by atoms with Gasteiger partial charge in [-0.05, 0) is 43.4 Å². The van der Waals surface area contributed by atoms with Gasteiger partial charge < -0.3 is 10.6 Å². The topological polar surface area (TPSA) is 42.1 Å². The van der Waals surface area contributed by atoms with Crippen molar-refractivity contribution in [1.82, 2.24) is 4.98 Å². The molecular formula is C16H21N3. The zero-order valence-electron chi connectivity index (χ0n) is 11.5. The van der Waals surface area contributed by atoms with Crippen LogP contribution in [-0.2, 0) is 6.54 Å². The molecule has 3 rings (SSSR count). The van der Waals surface area contributed by atoms with Crippen molar-refractivity contribution in [2.24, 2.45) is 11.7 Å². The van der Waals surface area contributed by atoms with E-state index in [4.69, 9.17) is 10.7 Å². The minimum Gasteiger partial charge on any atom is -0.357 e. The zero-order valence-corrected chi connectivity index (χ0v) is 11.5. The highest BCUT2D eigenvalue weighted by atomic mass is 15.2. The Bertz CT molecular complexity index is 575. The summed E-state index contributed by atoms with van der Waals surface area (Å²) in [5.74, 6) is 1.95. The summed E-state index contributed by atoms with van der Waals surface area (Å²) in [4.78, 5) is 7.18. The van der Waals surface area contributed by atoms with Crippen molar-refractivity contribution in [2.75, 3.05) is 18.0 Å². The van der Waals surface area contributed by atoms with Crippen LogP contribution in [0.15, 0.2) is 30.3 Å². The first kappa shape index (κ1) is 12.4. The van der Waals surface area contributed by atoms with Gasteiger partial charge in [0.05, 0.1) is 5.52 Å². The van der Waals surface area contributed by atoms with E-state index in [-0.39, 0.29) is 0 Å². The molecule has 3 nitrogen and oxygen atoms in total. The summed E-state index contributed by atoms with van der Waals surface area (Å²) < 4.78 is 0. The van der Waals surface area contributed by atoms with E-state index >= 15 is 0 Å². The molecule has 100 valence electrons. The predicted molar refractivity (Wildman–Crippen MR) is 80.2 cm³/mol. The maximum atomic E-state index is 5.89. The van der Waals surface area contributed by atoms with Gasteiger partial charge in [0.2, 0.25) is 0 Å². The molecule has 1 heterocycles. The lowest BCUT2D eigenvalue weighted by molar-refractivity contribution is 0.733. The van der Waals surface area contributed by atoms with Crippen molar-refractivity contribution in [1.29, 1.82) is 0 Å². The second kappa shape index (κ2) is 5.17. The monoisotopic (exact) mass is 255 g/mol. The van der Waals surface area contributed by atoms with Gasteiger partial charge in [0.1, 0.15) is 5.82 Å². The second-order valence-electron chi connectivity index (χ2n) is 5.34. The van der Waals surface area contributed by atoms with Crippen LogP contribution in [0.25, 0.3) is 10.9 Å². The van der Waals surface area contributed by atoms with Crippen molar-refractivity contribution in [2.45, 2.75) is 26.3 Å². The lowest BCUT2D eigenvalue weighted by Gasteiger charge is -2.23. The maximum absolute atomic E-state index is 5.89. The number of aromatic nitrogens is 1. The zero-order chi connectivity index (χ0) is 13.2. The van der Waals surface area contributed by atoms with Crippen LogP contribution in [0.4, 0.5) is 5.82 Å². The van der Waals surface area contributed by atoms with Gasteiger partial charge in [-0.25, -0.2) is 4.98 Å². The van der Waals surface area contributed by atoms with Crippen LogP contribution in [0.2, 0.25) is 0 Å². The number of para-hydroxylation sites is 1. The number of pyridine rings is 1. The molecule has 2 aromatic rings. The minimum absolute atomic E-state index is 0.566. The molecular weight excluding hydrogens is 234 g/mol. The van der Waals surface area contributed by atoms with Gasteiger partial charge in [-0.1, -0.05) is 18.2 Å². The molecule has 19 heavy (non-hydrogen) atoms. The number of anilines is 1. The van der Waals surface area contributed by atoms with Gasteiger partial charge in [0.25, 0.3) is 0 Å². The van der Waals surface area contributed by atoms with Crippen LogP contribution in [0, 0.1) is 5.92 Å². The normalized spacial score (nSPS) is 14.8. The molecule has 0 spiro atoms. The Balaban J connectivity index is 2.02. The molecule has 1 aliphatic carbocycles. The predicted octanol–water partition coefficient (Wildman–Crippen LogP) is 2.93. The van der Waals surface area contributed by atoms with Gasteiger partial charge in [-0.15, -0.1) is 0 Å². The largest absolute Gasteiger partial charge is 0.357 e. The summed E-state index contributed by atoms with van der Waals surface area (Å²) in [6.07, 6.45) is 2.74. The van der Waals surface area contributed by atoms with E-state index in [1.165, 1.54) is 23.8 Å². The first-order chi connectivity index (χ1) is 9.31. The van der Waals surface area contributed by atoms with Crippen LogP contribution in [0.1, 0.15) is 25.3 Å². The molecule has 0 saturated heterocycles. The summed E-state index contributed by atoms with van der Waals surface area (Å²) in [7, 11) is 0. The summed E-state index contributed by atoms with van der Waals surface area (Å²) in [6, 6.07) is 10.4. The van der Waals surface area contributed by atoms with Crippen LogP contribution in [0.5, 0.6) is 0 Å².